The molecule has 1 heterocycles. The van der Waals surface area contributed by atoms with Crippen LogP contribution in [0.2, 0.25) is 0 Å². The van der Waals surface area contributed by atoms with Gasteiger partial charge in [0.2, 0.25) is 0 Å². The molecule has 0 fully saturated rings. The Balaban J connectivity index is 2.69. The van der Waals surface area contributed by atoms with Crippen LogP contribution in [0.25, 0.3) is 0 Å². The molecule has 6 nitrogen and oxygen atoms in total. The molecule has 0 saturated carbocycles. The fraction of sp³-hybridized carbons (Fsp3) is 0. The number of nitrogens with one attached hydrogen (secondary N) is 1. The molecule has 0 bridgehead atoms. The van der Waals surface area contributed by atoms with Crippen LogP contribution in [0.15, 0.2) is 24.4 Å². The second-order valence-electron chi connectivity index (χ2n) is 2.26. The summed E-state index contributed by atoms with van der Waals surface area (Å²) in [5, 5.41) is 1.66. The van der Waals surface area contributed by atoms with Crippen LogP contribution in [0.4, 0.5) is 5.82 Å². The zero-order valence-corrected chi connectivity index (χ0v) is 8.66. The molecule has 0 radical (unpaired) electrons. The lowest BCUT2D eigenvalue weighted by molar-refractivity contribution is 0.384. The Morgan fingerprint density at radius 3 is 2.93 bits per heavy atom. The molecule has 1 atom stereocenters. The predicted molar refractivity (Wildman–Crippen MR) is 55.6 cm³/mol. The van der Waals surface area contributed by atoms with E-state index in [2.05, 4.69) is 26.8 Å². The molecule has 1 aromatic rings. The van der Waals surface area contributed by atoms with Gasteiger partial charge in [0.25, 0.3) is 5.17 Å². The van der Waals surface area contributed by atoms with Crippen LogP contribution >= 0.6 is 20.0 Å². The molecule has 4 N–H and O–H groups in total. The van der Waals surface area contributed by atoms with Gasteiger partial charge >= 0.3 is 7.75 Å². The summed E-state index contributed by atoms with van der Waals surface area (Å²) in [6.45, 7) is 0. The Morgan fingerprint density at radius 1 is 1.71 bits per heavy atom. The van der Waals surface area contributed by atoms with E-state index in [4.69, 9.17) is 10.6 Å². The first-order valence-corrected chi connectivity index (χ1v) is 5.49. The number of anilines is 1. The zero-order valence-electron chi connectivity index (χ0n) is 6.95. The summed E-state index contributed by atoms with van der Waals surface area (Å²) in [6, 6.07) is 4.82. The normalized spacial score (nSPS) is 14.1. The number of nitrogens with zero attached hydrogens (tertiary/aromatic N) is 1. The van der Waals surface area contributed by atoms with Crippen molar-refractivity contribution in [3.63, 3.8) is 0 Å². The Labute approximate surface area is 85.7 Å². The standard InChI is InChI=1S/C6H8N3O3PS/c7-6(14)12-13(10,11)9-5-3-1-2-4-8-5/h1-4H,(H2,7,14)(H2,8,9,10,11). The molecule has 0 spiro atoms. The SMILES string of the molecule is NC(=S)OP(=O)(O)Nc1ccccn1. The van der Waals surface area contributed by atoms with Gasteiger partial charge in [-0.25, -0.2) is 9.55 Å². The van der Waals surface area contributed by atoms with E-state index in [0.29, 0.717) is 0 Å². The molecule has 14 heavy (non-hydrogen) atoms. The van der Waals surface area contributed by atoms with Crippen LogP contribution in [0.5, 0.6) is 0 Å². The summed E-state index contributed by atoms with van der Waals surface area (Å²) in [5.41, 5.74) is 4.95. The zero-order chi connectivity index (χ0) is 10.6. The Morgan fingerprint density at radius 2 is 2.43 bits per heavy atom. The van der Waals surface area contributed by atoms with E-state index >= 15 is 0 Å². The molecule has 1 rings (SSSR count). The van der Waals surface area contributed by atoms with Gasteiger partial charge in [-0.1, -0.05) is 6.07 Å². The second kappa shape index (κ2) is 4.36. The molecular formula is C6H8N3O3PS. The second-order valence-corrected chi connectivity index (χ2v) is 4.11. The number of hydrogen-bond donors (Lipinski definition) is 3. The van der Waals surface area contributed by atoms with E-state index in [1.807, 2.05) is 0 Å². The molecule has 1 unspecified atom stereocenters. The molecule has 0 saturated heterocycles. The monoisotopic (exact) mass is 233 g/mol. The number of hydrogen-bond acceptors (Lipinski definition) is 4. The van der Waals surface area contributed by atoms with Crippen molar-refractivity contribution in [2.24, 2.45) is 5.73 Å². The number of rotatable bonds is 3. The van der Waals surface area contributed by atoms with Crippen molar-refractivity contribution in [3.8, 4) is 0 Å². The maximum absolute atomic E-state index is 11.2. The lowest BCUT2D eigenvalue weighted by Crippen LogP contribution is -2.14. The molecule has 8 heteroatoms. The molecule has 0 aliphatic heterocycles. The van der Waals surface area contributed by atoms with E-state index in [0.717, 1.165) is 0 Å². The van der Waals surface area contributed by atoms with Crippen LogP contribution in [0.1, 0.15) is 0 Å². The van der Waals surface area contributed by atoms with Gasteiger partial charge in [0.1, 0.15) is 5.82 Å². The predicted octanol–water partition coefficient (Wildman–Crippen LogP) is 0.854. The van der Waals surface area contributed by atoms with Gasteiger partial charge in [0.05, 0.1) is 0 Å². The quantitative estimate of drug-likeness (QED) is 0.526. The van der Waals surface area contributed by atoms with E-state index in [1.165, 1.54) is 12.3 Å². The van der Waals surface area contributed by atoms with Gasteiger partial charge in [-0.15, -0.1) is 0 Å². The third-order valence-electron chi connectivity index (χ3n) is 1.13. The summed E-state index contributed by atoms with van der Waals surface area (Å²) in [5.74, 6) is 0.203. The first-order chi connectivity index (χ1) is 6.49. The van der Waals surface area contributed by atoms with E-state index in [9.17, 15) is 4.57 Å². The van der Waals surface area contributed by atoms with Crippen molar-refractivity contribution in [2.45, 2.75) is 0 Å². The molecule has 0 aliphatic rings. The van der Waals surface area contributed by atoms with Crippen molar-refractivity contribution in [3.05, 3.63) is 24.4 Å². The minimum absolute atomic E-state index is 0.203. The van der Waals surface area contributed by atoms with Gasteiger partial charge in [0.15, 0.2) is 0 Å². The topological polar surface area (TPSA) is 97.5 Å². The Hall–Kier alpha value is -1.17. The van der Waals surface area contributed by atoms with Crippen molar-refractivity contribution >= 4 is 31.0 Å². The average molecular weight is 233 g/mol. The van der Waals surface area contributed by atoms with Gasteiger partial charge in [-0.2, -0.15) is 0 Å². The fourth-order valence-corrected chi connectivity index (χ4v) is 1.73. The van der Waals surface area contributed by atoms with Gasteiger partial charge in [-0.05, 0) is 24.4 Å². The fourth-order valence-electron chi connectivity index (χ4n) is 0.718. The summed E-state index contributed by atoms with van der Waals surface area (Å²) >= 11 is 4.32. The van der Waals surface area contributed by atoms with Gasteiger partial charge < -0.3 is 10.3 Å². The smallest absolute Gasteiger partial charge is 0.382 e. The van der Waals surface area contributed by atoms with Gasteiger partial charge in [-0.3, -0.25) is 9.98 Å². The van der Waals surface area contributed by atoms with E-state index in [-0.39, 0.29) is 5.82 Å². The third-order valence-corrected chi connectivity index (χ3v) is 2.30. The summed E-state index contributed by atoms with van der Waals surface area (Å²) in [7, 11) is -4.05. The largest absolute Gasteiger partial charge is 0.486 e. The molecule has 1 aromatic heterocycles. The molecule has 0 aliphatic carbocycles. The van der Waals surface area contributed by atoms with Crippen LogP contribution in [0, 0.1) is 0 Å². The number of pyridine rings is 1. The highest BCUT2D eigenvalue weighted by atomic mass is 32.1. The number of thiocarbonyl (C=S) groups is 1. The Kier molecular flexibility index (Phi) is 3.40. The minimum atomic E-state index is -4.05. The van der Waals surface area contributed by atoms with Crippen LogP contribution in [-0.2, 0) is 9.09 Å². The molecule has 0 aromatic carbocycles. The summed E-state index contributed by atoms with van der Waals surface area (Å²) < 4.78 is 15.5. The lowest BCUT2D eigenvalue weighted by Gasteiger charge is -2.12. The van der Waals surface area contributed by atoms with Crippen molar-refractivity contribution in [1.82, 2.24) is 4.98 Å². The van der Waals surface area contributed by atoms with E-state index in [1.54, 1.807) is 12.1 Å². The van der Waals surface area contributed by atoms with E-state index < -0.39 is 12.9 Å². The number of nitrogens with two attached hydrogens (primary N) is 1. The van der Waals surface area contributed by atoms with Crippen LogP contribution in [0.3, 0.4) is 0 Å². The molecular weight excluding hydrogens is 225 g/mol. The van der Waals surface area contributed by atoms with Crippen molar-refractivity contribution < 1.29 is 14.0 Å². The van der Waals surface area contributed by atoms with Gasteiger partial charge in [0, 0.05) is 6.20 Å². The first kappa shape index (κ1) is 10.9. The van der Waals surface area contributed by atoms with Crippen LogP contribution < -0.4 is 10.8 Å². The van der Waals surface area contributed by atoms with Crippen molar-refractivity contribution in [1.29, 1.82) is 0 Å². The van der Waals surface area contributed by atoms with Crippen LogP contribution in [-0.4, -0.2) is 15.1 Å². The first-order valence-electron chi connectivity index (χ1n) is 3.51. The highest BCUT2D eigenvalue weighted by Crippen LogP contribution is 2.40. The Bertz CT molecular complexity index is 372. The summed E-state index contributed by atoms with van der Waals surface area (Å²) in [4.78, 5) is 12.9. The lowest BCUT2D eigenvalue weighted by atomic mass is 10.5. The minimum Gasteiger partial charge on any atom is -0.382 e. The molecule has 76 valence electrons. The maximum Gasteiger partial charge on any atom is 0.486 e. The average Bonchev–Trinajstić information content (AvgIpc) is 2.02. The third kappa shape index (κ3) is 3.69. The number of aromatic nitrogens is 1. The highest BCUT2D eigenvalue weighted by molar-refractivity contribution is 7.80. The van der Waals surface area contributed by atoms with Crippen molar-refractivity contribution in [2.75, 3.05) is 5.09 Å². The molecule has 0 amide bonds. The summed E-state index contributed by atoms with van der Waals surface area (Å²) in [6.07, 6.45) is 1.46. The maximum atomic E-state index is 11.2. The highest BCUT2D eigenvalue weighted by Gasteiger charge is 2.21.